The molecule has 1 heterocycles. The van der Waals surface area contributed by atoms with Gasteiger partial charge in [-0.3, -0.25) is 4.79 Å². The van der Waals surface area contributed by atoms with Gasteiger partial charge in [0.1, 0.15) is 0 Å². The lowest BCUT2D eigenvalue weighted by atomic mass is 10.2. The number of ether oxygens (including phenoxy) is 1. The van der Waals surface area contributed by atoms with Gasteiger partial charge in [0.15, 0.2) is 0 Å². The van der Waals surface area contributed by atoms with E-state index >= 15 is 0 Å². The van der Waals surface area contributed by atoms with Crippen LogP contribution in [0.4, 0.5) is 16.2 Å². The molecule has 114 valence electrons. The maximum Gasteiger partial charge on any atom is 0.322 e. The molecule has 1 aromatic carbocycles. The van der Waals surface area contributed by atoms with Gasteiger partial charge in [-0.05, 0) is 31.5 Å². The number of carbonyl (C=O) groups excluding carboxylic acids is 2. The molecule has 2 N–H and O–H groups in total. The Labute approximate surface area is 124 Å². The van der Waals surface area contributed by atoms with Crippen LogP contribution in [0.1, 0.15) is 19.4 Å². The predicted octanol–water partition coefficient (Wildman–Crippen LogP) is 2.21. The summed E-state index contributed by atoms with van der Waals surface area (Å²) in [4.78, 5) is 25.1. The summed E-state index contributed by atoms with van der Waals surface area (Å²) in [5.41, 5.74) is 2.31. The van der Waals surface area contributed by atoms with Gasteiger partial charge in [0.05, 0.1) is 12.7 Å². The van der Waals surface area contributed by atoms with Crippen molar-refractivity contribution >= 4 is 23.3 Å². The fourth-order valence-corrected chi connectivity index (χ4v) is 2.23. The molecule has 3 amide bonds. The van der Waals surface area contributed by atoms with E-state index in [0.29, 0.717) is 31.1 Å². The Kier molecular flexibility index (Phi) is 4.80. The monoisotopic (exact) mass is 291 g/mol. The minimum absolute atomic E-state index is 0.0532. The Bertz CT molecular complexity index is 545. The quantitative estimate of drug-likeness (QED) is 0.877. The van der Waals surface area contributed by atoms with E-state index < -0.39 is 0 Å². The largest absolute Gasteiger partial charge is 0.375 e. The van der Waals surface area contributed by atoms with E-state index in [9.17, 15) is 9.59 Å². The molecule has 1 aliphatic heterocycles. The summed E-state index contributed by atoms with van der Waals surface area (Å²) < 4.78 is 5.42. The van der Waals surface area contributed by atoms with Crippen LogP contribution in [0.25, 0.3) is 0 Å². The van der Waals surface area contributed by atoms with Crippen LogP contribution < -0.4 is 10.6 Å². The number of urea groups is 1. The first-order valence-electron chi connectivity index (χ1n) is 7.01. The number of morpholine rings is 1. The Hall–Kier alpha value is -2.08. The Morgan fingerprint density at radius 2 is 2.10 bits per heavy atom. The summed E-state index contributed by atoms with van der Waals surface area (Å²) in [6.45, 7) is 7.02. The van der Waals surface area contributed by atoms with Crippen molar-refractivity contribution in [2.75, 3.05) is 30.3 Å². The van der Waals surface area contributed by atoms with E-state index in [4.69, 9.17) is 4.74 Å². The number of nitrogens with one attached hydrogen (secondary N) is 2. The Morgan fingerprint density at radius 3 is 2.76 bits per heavy atom. The molecule has 1 aromatic rings. The summed E-state index contributed by atoms with van der Waals surface area (Å²) in [6, 6.07) is 5.30. The lowest BCUT2D eigenvalue weighted by molar-refractivity contribution is -0.114. The van der Waals surface area contributed by atoms with Gasteiger partial charge in [0.25, 0.3) is 0 Å². The first kappa shape index (κ1) is 15.3. The van der Waals surface area contributed by atoms with Gasteiger partial charge in [0.2, 0.25) is 5.91 Å². The standard InChI is InChI=1S/C15H21N3O3/c1-10-4-5-13(8-14(10)16-12(3)19)17-15(20)18-6-7-21-11(2)9-18/h4-5,8,11H,6-7,9H2,1-3H3,(H,16,19)(H,17,20)/t11-/m1/s1. The molecule has 6 nitrogen and oxygen atoms in total. The Morgan fingerprint density at radius 1 is 1.33 bits per heavy atom. The third-order valence-corrected chi connectivity index (χ3v) is 3.33. The van der Waals surface area contributed by atoms with Crippen LogP contribution in [0.15, 0.2) is 18.2 Å². The number of amides is 3. The number of benzene rings is 1. The van der Waals surface area contributed by atoms with Gasteiger partial charge >= 0.3 is 6.03 Å². The highest BCUT2D eigenvalue weighted by molar-refractivity contribution is 5.93. The number of rotatable bonds is 2. The van der Waals surface area contributed by atoms with Crippen LogP contribution in [0.2, 0.25) is 0 Å². The van der Waals surface area contributed by atoms with Crippen LogP contribution >= 0.6 is 0 Å². The molecule has 1 atom stereocenters. The van der Waals surface area contributed by atoms with E-state index in [1.54, 1.807) is 11.0 Å². The number of hydrogen-bond donors (Lipinski definition) is 2. The molecule has 0 aromatic heterocycles. The zero-order valence-corrected chi connectivity index (χ0v) is 12.6. The highest BCUT2D eigenvalue weighted by Crippen LogP contribution is 2.21. The van der Waals surface area contributed by atoms with Crippen molar-refractivity contribution in [2.45, 2.75) is 26.9 Å². The van der Waals surface area contributed by atoms with Gasteiger partial charge in [-0.15, -0.1) is 0 Å². The van der Waals surface area contributed by atoms with Gasteiger partial charge in [-0.2, -0.15) is 0 Å². The average molecular weight is 291 g/mol. The van der Waals surface area contributed by atoms with Crippen LogP contribution in [0.5, 0.6) is 0 Å². The SMILES string of the molecule is CC(=O)Nc1cc(NC(=O)N2CCO[C@H](C)C2)ccc1C. The second-order valence-corrected chi connectivity index (χ2v) is 5.27. The first-order valence-corrected chi connectivity index (χ1v) is 7.01. The fourth-order valence-electron chi connectivity index (χ4n) is 2.23. The summed E-state index contributed by atoms with van der Waals surface area (Å²) in [5, 5.41) is 5.60. The van der Waals surface area contributed by atoms with Crippen molar-refractivity contribution in [3.8, 4) is 0 Å². The molecule has 0 unspecified atom stereocenters. The molecule has 0 bridgehead atoms. The van der Waals surface area contributed by atoms with E-state index in [2.05, 4.69) is 10.6 Å². The van der Waals surface area contributed by atoms with Gasteiger partial charge < -0.3 is 20.3 Å². The third kappa shape index (κ3) is 4.19. The molecular weight excluding hydrogens is 270 g/mol. The summed E-state index contributed by atoms with van der Waals surface area (Å²) in [6.07, 6.45) is 0.0532. The van der Waals surface area contributed by atoms with E-state index in [-0.39, 0.29) is 18.0 Å². The zero-order valence-electron chi connectivity index (χ0n) is 12.6. The first-order chi connectivity index (χ1) is 9.95. The maximum absolute atomic E-state index is 12.2. The number of hydrogen-bond acceptors (Lipinski definition) is 3. The normalized spacial score (nSPS) is 18.2. The Balaban J connectivity index is 2.05. The zero-order chi connectivity index (χ0) is 15.4. The van der Waals surface area contributed by atoms with Crippen molar-refractivity contribution in [3.05, 3.63) is 23.8 Å². The predicted molar refractivity (Wildman–Crippen MR) is 81.5 cm³/mol. The van der Waals surface area contributed by atoms with E-state index in [0.717, 1.165) is 5.56 Å². The van der Waals surface area contributed by atoms with E-state index in [1.807, 2.05) is 26.0 Å². The minimum atomic E-state index is -0.150. The van der Waals surface area contributed by atoms with Gasteiger partial charge in [0, 0.05) is 31.4 Å². The number of anilines is 2. The molecule has 6 heteroatoms. The van der Waals surface area contributed by atoms with Crippen molar-refractivity contribution in [3.63, 3.8) is 0 Å². The van der Waals surface area contributed by atoms with Crippen molar-refractivity contribution in [2.24, 2.45) is 0 Å². The molecule has 0 saturated carbocycles. The lowest BCUT2D eigenvalue weighted by Gasteiger charge is -2.31. The van der Waals surface area contributed by atoms with E-state index in [1.165, 1.54) is 6.92 Å². The van der Waals surface area contributed by atoms with Crippen molar-refractivity contribution < 1.29 is 14.3 Å². The summed E-state index contributed by atoms with van der Waals surface area (Å²) in [5.74, 6) is -0.136. The molecular formula is C15H21N3O3. The fraction of sp³-hybridized carbons (Fsp3) is 0.467. The van der Waals surface area contributed by atoms with Gasteiger partial charge in [-0.25, -0.2) is 4.79 Å². The topological polar surface area (TPSA) is 70.7 Å². The van der Waals surface area contributed by atoms with Crippen LogP contribution in [-0.2, 0) is 9.53 Å². The highest BCUT2D eigenvalue weighted by atomic mass is 16.5. The molecule has 1 saturated heterocycles. The second-order valence-electron chi connectivity index (χ2n) is 5.27. The third-order valence-electron chi connectivity index (χ3n) is 3.33. The molecule has 1 aliphatic rings. The molecule has 21 heavy (non-hydrogen) atoms. The summed E-state index contributed by atoms with van der Waals surface area (Å²) in [7, 11) is 0. The molecule has 0 radical (unpaired) electrons. The van der Waals surface area contributed by atoms with Gasteiger partial charge in [-0.1, -0.05) is 6.07 Å². The maximum atomic E-state index is 12.2. The smallest absolute Gasteiger partial charge is 0.322 e. The van der Waals surface area contributed by atoms with Crippen LogP contribution in [-0.4, -0.2) is 42.6 Å². The van der Waals surface area contributed by atoms with Crippen molar-refractivity contribution in [1.82, 2.24) is 4.90 Å². The summed E-state index contributed by atoms with van der Waals surface area (Å²) >= 11 is 0. The molecule has 0 spiro atoms. The number of nitrogens with zero attached hydrogens (tertiary/aromatic N) is 1. The van der Waals surface area contributed by atoms with Crippen LogP contribution in [0.3, 0.4) is 0 Å². The molecule has 1 fully saturated rings. The number of aryl methyl sites for hydroxylation is 1. The molecule has 0 aliphatic carbocycles. The van der Waals surface area contributed by atoms with Crippen LogP contribution in [0, 0.1) is 6.92 Å². The van der Waals surface area contributed by atoms with Crippen molar-refractivity contribution in [1.29, 1.82) is 0 Å². The molecule has 2 rings (SSSR count). The average Bonchev–Trinajstić information content (AvgIpc) is 2.42. The highest BCUT2D eigenvalue weighted by Gasteiger charge is 2.21. The lowest BCUT2D eigenvalue weighted by Crippen LogP contribution is -2.46. The minimum Gasteiger partial charge on any atom is -0.375 e. The number of carbonyl (C=O) groups is 2. The second kappa shape index (κ2) is 6.58.